The van der Waals surface area contributed by atoms with Crippen LogP contribution in [0.4, 0.5) is 5.69 Å². The van der Waals surface area contributed by atoms with Gasteiger partial charge in [-0.3, -0.25) is 19.1 Å². The van der Waals surface area contributed by atoms with Gasteiger partial charge in [0.2, 0.25) is 5.91 Å². The summed E-state index contributed by atoms with van der Waals surface area (Å²) >= 11 is 0. The van der Waals surface area contributed by atoms with E-state index in [1.54, 1.807) is 36.5 Å². The molecule has 0 aliphatic heterocycles. The van der Waals surface area contributed by atoms with E-state index < -0.39 is 5.91 Å². The first kappa shape index (κ1) is 22.5. The lowest BCUT2D eigenvalue weighted by atomic mass is 9.95. The van der Waals surface area contributed by atoms with E-state index in [1.807, 2.05) is 26.0 Å². The smallest absolute Gasteiger partial charge is 0.256 e. The molecule has 0 saturated heterocycles. The second-order valence-electron chi connectivity index (χ2n) is 8.60. The number of rotatable bonds is 7. The molecule has 0 spiro atoms. The van der Waals surface area contributed by atoms with E-state index in [9.17, 15) is 14.4 Å². The van der Waals surface area contributed by atoms with Gasteiger partial charge in [-0.1, -0.05) is 43.2 Å². The van der Waals surface area contributed by atoms with E-state index >= 15 is 0 Å². The van der Waals surface area contributed by atoms with Crippen LogP contribution in [0.25, 0.3) is 0 Å². The van der Waals surface area contributed by atoms with Gasteiger partial charge >= 0.3 is 0 Å². The van der Waals surface area contributed by atoms with Gasteiger partial charge in [0.05, 0.1) is 17.4 Å². The van der Waals surface area contributed by atoms with Crippen molar-refractivity contribution in [1.82, 2.24) is 15.1 Å². The lowest BCUT2D eigenvalue weighted by Gasteiger charge is -2.11. The Hall–Kier alpha value is -3.74. The molecule has 33 heavy (non-hydrogen) atoms. The third-order valence-electron chi connectivity index (χ3n) is 6.10. The molecule has 0 bridgehead atoms. The van der Waals surface area contributed by atoms with Crippen molar-refractivity contribution >= 4 is 23.3 Å². The molecule has 0 atom stereocenters. The number of nitrogens with one attached hydrogen (secondary N) is 2. The molecule has 1 aromatic heterocycles. The molecule has 1 heterocycles. The number of ketones is 1. The fourth-order valence-corrected chi connectivity index (χ4v) is 4.12. The van der Waals surface area contributed by atoms with E-state index in [0.717, 1.165) is 36.8 Å². The summed E-state index contributed by atoms with van der Waals surface area (Å²) in [4.78, 5) is 38.3. The Morgan fingerprint density at radius 1 is 1.00 bits per heavy atom. The Labute approximate surface area is 193 Å². The molecule has 170 valence electrons. The van der Waals surface area contributed by atoms with E-state index in [0.29, 0.717) is 16.8 Å². The van der Waals surface area contributed by atoms with Crippen molar-refractivity contribution in [3.8, 4) is 0 Å². The molecule has 0 unspecified atom stereocenters. The molecule has 7 heteroatoms. The zero-order chi connectivity index (χ0) is 23.4. The number of carbonyl (C=O) groups is 3. The highest BCUT2D eigenvalue weighted by Crippen LogP contribution is 2.19. The number of aryl methyl sites for hydroxylation is 2. The molecular formula is C26H28N4O3. The first-order chi connectivity index (χ1) is 15.9. The first-order valence-corrected chi connectivity index (χ1v) is 11.2. The highest BCUT2D eigenvalue weighted by atomic mass is 16.2. The summed E-state index contributed by atoms with van der Waals surface area (Å²) in [5.74, 6) is -0.701. The van der Waals surface area contributed by atoms with Crippen LogP contribution in [0, 0.1) is 13.8 Å². The van der Waals surface area contributed by atoms with Crippen LogP contribution in [0.15, 0.2) is 54.9 Å². The third kappa shape index (κ3) is 5.37. The standard InChI is InChI=1S/C26H28N4O3/c1-17-11-12-19(13-18(17)2)25(32)22-9-5-6-10-23(22)26(33)29-21-14-27-30(15-21)16-24(31)28-20-7-3-4-8-20/h5-6,9-15,20H,3-4,7-8,16H2,1-2H3,(H,28,31)(H,29,33). The topological polar surface area (TPSA) is 93.1 Å². The summed E-state index contributed by atoms with van der Waals surface area (Å²) in [6, 6.07) is 12.5. The van der Waals surface area contributed by atoms with Gasteiger partial charge in [0.25, 0.3) is 5.91 Å². The van der Waals surface area contributed by atoms with Crippen LogP contribution < -0.4 is 10.6 Å². The Morgan fingerprint density at radius 3 is 2.45 bits per heavy atom. The van der Waals surface area contributed by atoms with Crippen molar-refractivity contribution in [1.29, 1.82) is 0 Å². The Bertz CT molecular complexity index is 1190. The zero-order valence-electron chi connectivity index (χ0n) is 18.9. The fraction of sp³-hybridized carbons (Fsp3) is 0.308. The average Bonchev–Trinajstić information content (AvgIpc) is 3.47. The Balaban J connectivity index is 1.44. The normalized spacial score (nSPS) is 13.6. The van der Waals surface area contributed by atoms with Gasteiger partial charge in [0, 0.05) is 23.4 Å². The zero-order valence-corrected chi connectivity index (χ0v) is 18.9. The van der Waals surface area contributed by atoms with E-state index in [-0.39, 0.29) is 29.8 Å². The maximum atomic E-state index is 13.1. The molecule has 4 rings (SSSR count). The van der Waals surface area contributed by atoms with Crippen LogP contribution in [0.3, 0.4) is 0 Å². The van der Waals surface area contributed by atoms with Gasteiger partial charge in [-0.2, -0.15) is 5.10 Å². The Morgan fingerprint density at radius 2 is 1.73 bits per heavy atom. The van der Waals surface area contributed by atoms with Crippen molar-refractivity contribution in [3.05, 3.63) is 82.7 Å². The van der Waals surface area contributed by atoms with Gasteiger partial charge in [-0.15, -0.1) is 0 Å². The SMILES string of the molecule is Cc1ccc(C(=O)c2ccccc2C(=O)Nc2cnn(CC(=O)NC3CCCC3)c2)cc1C. The predicted octanol–water partition coefficient (Wildman–Crippen LogP) is 4.04. The summed E-state index contributed by atoms with van der Waals surface area (Å²) in [5.41, 5.74) is 3.74. The van der Waals surface area contributed by atoms with Crippen molar-refractivity contribution in [3.63, 3.8) is 0 Å². The highest BCUT2D eigenvalue weighted by Gasteiger charge is 2.20. The van der Waals surface area contributed by atoms with Crippen molar-refractivity contribution in [2.45, 2.75) is 52.1 Å². The molecule has 1 fully saturated rings. The molecule has 7 nitrogen and oxygen atoms in total. The van der Waals surface area contributed by atoms with Crippen LogP contribution in [-0.4, -0.2) is 33.4 Å². The number of nitrogens with zero attached hydrogens (tertiary/aromatic N) is 2. The van der Waals surface area contributed by atoms with E-state index in [2.05, 4.69) is 15.7 Å². The Kier molecular flexibility index (Phi) is 6.68. The van der Waals surface area contributed by atoms with Crippen molar-refractivity contribution in [2.24, 2.45) is 0 Å². The molecule has 1 aliphatic rings. The lowest BCUT2D eigenvalue weighted by Crippen LogP contribution is -2.35. The van der Waals surface area contributed by atoms with Crippen LogP contribution in [0.1, 0.15) is 63.1 Å². The van der Waals surface area contributed by atoms with Gasteiger partial charge in [0.15, 0.2) is 5.78 Å². The summed E-state index contributed by atoms with van der Waals surface area (Å²) < 4.78 is 1.49. The van der Waals surface area contributed by atoms with Crippen LogP contribution in [0.5, 0.6) is 0 Å². The number of carbonyl (C=O) groups excluding carboxylic acids is 3. The second-order valence-corrected chi connectivity index (χ2v) is 8.60. The first-order valence-electron chi connectivity index (χ1n) is 11.2. The molecule has 0 radical (unpaired) electrons. The van der Waals surface area contributed by atoms with Gasteiger partial charge < -0.3 is 10.6 Å². The molecule has 1 saturated carbocycles. The lowest BCUT2D eigenvalue weighted by molar-refractivity contribution is -0.122. The van der Waals surface area contributed by atoms with E-state index in [1.165, 1.54) is 10.9 Å². The van der Waals surface area contributed by atoms with Gasteiger partial charge in [0.1, 0.15) is 6.54 Å². The minimum atomic E-state index is -0.405. The van der Waals surface area contributed by atoms with Crippen LogP contribution in [0.2, 0.25) is 0 Å². The van der Waals surface area contributed by atoms with Crippen LogP contribution >= 0.6 is 0 Å². The number of amides is 2. The second kappa shape index (κ2) is 9.81. The summed E-state index contributed by atoms with van der Waals surface area (Å²) in [6.07, 6.45) is 7.44. The molecular weight excluding hydrogens is 416 g/mol. The largest absolute Gasteiger partial charge is 0.352 e. The number of hydrogen-bond acceptors (Lipinski definition) is 4. The minimum absolute atomic E-state index is 0.0905. The summed E-state index contributed by atoms with van der Waals surface area (Å²) in [5, 5.41) is 9.98. The third-order valence-corrected chi connectivity index (χ3v) is 6.10. The minimum Gasteiger partial charge on any atom is -0.352 e. The fourth-order valence-electron chi connectivity index (χ4n) is 4.12. The van der Waals surface area contributed by atoms with Crippen molar-refractivity contribution in [2.75, 3.05) is 5.32 Å². The predicted molar refractivity (Wildman–Crippen MR) is 126 cm³/mol. The monoisotopic (exact) mass is 444 g/mol. The summed E-state index contributed by atoms with van der Waals surface area (Å²) in [7, 11) is 0. The number of aromatic nitrogens is 2. The van der Waals surface area contributed by atoms with Crippen molar-refractivity contribution < 1.29 is 14.4 Å². The van der Waals surface area contributed by atoms with Gasteiger partial charge in [-0.05, 0) is 49.9 Å². The molecule has 2 N–H and O–H groups in total. The number of hydrogen-bond donors (Lipinski definition) is 2. The maximum Gasteiger partial charge on any atom is 0.256 e. The molecule has 3 aromatic rings. The molecule has 1 aliphatic carbocycles. The summed E-state index contributed by atoms with van der Waals surface area (Å²) in [6.45, 7) is 4.04. The van der Waals surface area contributed by atoms with Gasteiger partial charge in [-0.25, -0.2) is 0 Å². The maximum absolute atomic E-state index is 13.1. The van der Waals surface area contributed by atoms with Crippen LogP contribution in [-0.2, 0) is 11.3 Å². The highest BCUT2D eigenvalue weighted by molar-refractivity contribution is 6.17. The quantitative estimate of drug-likeness (QED) is 0.538. The average molecular weight is 445 g/mol. The number of anilines is 1. The van der Waals surface area contributed by atoms with E-state index in [4.69, 9.17) is 0 Å². The molecule has 2 aromatic carbocycles. The number of benzene rings is 2. The molecule has 2 amide bonds.